The Hall–Kier alpha value is -3.39. The maximum atomic E-state index is 12.4. The van der Waals surface area contributed by atoms with Gasteiger partial charge in [-0.25, -0.2) is 13.4 Å². The van der Waals surface area contributed by atoms with E-state index in [9.17, 15) is 13.2 Å². The van der Waals surface area contributed by atoms with Crippen molar-refractivity contribution in [3.8, 4) is 0 Å². The Bertz CT molecular complexity index is 1140. The van der Waals surface area contributed by atoms with Gasteiger partial charge in [0, 0.05) is 19.0 Å². The maximum absolute atomic E-state index is 12.4. The molecular formula is C21H19N3O4S. The number of anilines is 1. The Morgan fingerprint density at radius 1 is 1.07 bits per heavy atom. The van der Waals surface area contributed by atoms with Crippen LogP contribution in [0.15, 0.2) is 87.4 Å². The lowest BCUT2D eigenvalue weighted by molar-refractivity contribution is -0.130. The zero-order valence-corrected chi connectivity index (χ0v) is 16.5. The normalized spacial score (nSPS) is 16.5. The summed E-state index contributed by atoms with van der Waals surface area (Å²) >= 11 is 0. The van der Waals surface area contributed by atoms with Crippen LogP contribution in [-0.2, 0) is 14.8 Å². The first kappa shape index (κ1) is 18.9. The van der Waals surface area contributed by atoms with Crippen molar-refractivity contribution in [3.63, 3.8) is 0 Å². The number of carbonyl (C=O) groups excluding carboxylic acids is 1. The van der Waals surface area contributed by atoms with Crippen LogP contribution < -0.4 is 4.72 Å². The summed E-state index contributed by atoms with van der Waals surface area (Å²) in [7, 11) is -3.65. The molecule has 8 heteroatoms. The van der Waals surface area contributed by atoms with Crippen molar-refractivity contribution in [2.45, 2.75) is 24.3 Å². The number of carbonyl (C=O) groups is 1. The van der Waals surface area contributed by atoms with Gasteiger partial charge in [0.25, 0.3) is 10.0 Å². The van der Waals surface area contributed by atoms with Crippen molar-refractivity contribution in [2.24, 2.45) is 5.10 Å². The summed E-state index contributed by atoms with van der Waals surface area (Å²) in [6.07, 6.45) is 2.08. The van der Waals surface area contributed by atoms with Crippen LogP contribution >= 0.6 is 0 Å². The van der Waals surface area contributed by atoms with Crippen molar-refractivity contribution >= 4 is 27.3 Å². The van der Waals surface area contributed by atoms with Gasteiger partial charge in [-0.05, 0) is 42.0 Å². The predicted molar refractivity (Wildman–Crippen MR) is 109 cm³/mol. The molecule has 7 nitrogen and oxygen atoms in total. The van der Waals surface area contributed by atoms with Crippen molar-refractivity contribution in [1.29, 1.82) is 0 Å². The number of sulfonamides is 1. The first-order valence-electron chi connectivity index (χ1n) is 9.03. The number of amides is 1. The van der Waals surface area contributed by atoms with E-state index in [1.165, 1.54) is 24.1 Å². The molecule has 29 heavy (non-hydrogen) atoms. The van der Waals surface area contributed by atoms with Gasteiger partial charge in [0.2, 0.25) is 5.91 Å². The van der Waals surface area contributed by atoms with E-state index in [-0.39, 0.29) is 16.8 Å². The molecule has 1 aliphatic heterocycles. The topological polar surface area (TPSA) is 92.0 Å². The van der Waals surface area contributed by atoms with Gasteiger partial charge in [-0.1, -0.05) is 30.3 Å². The molecule has 1 aliphatic rings. The summed E-state index contributed by atoms with van der Waals surface area (Å²) < 4.78 is 32.9. The number of hydrogen-bond acceptors (Lipinski definition) is 5. The van der Waals surface area contributed by atoms with E-state index in [2.05, 4.69) is 9.82 Å². The van der Waals surface area contributed by atoms with Crippen LogP contribution in [0.5, 0.6) is 0 Å². The average Bonchev–Trinajstić information content (AvgIpc) is 3.39. The molecule has 0 fully saturated rings. The maximum Gasteiger partial charge on any atom is 0.261 e. The molecule has 1 N–H and O–H groups in total. The van der Waals surface area contributed by atoms with E-state index in [4.69, 9.17) is 4.42 Å². The van der Waals surface area contributed by atoms with Gasteiger partial charge < -0.3 is 4.42 Å². The quantitative estimate of drug-likeness (QED) is 0.694. The third-order valence-electron chi connectivity index (χ3n) is 4.63. The number of benzene rings is 2. The van der Waals surface area contributed by atoms with Gasteiger partial charge in [-0.2, -0.15) is 5.10 Å². The van der Waals surface area contributed by atoms with Crippen LogP contribution in [-0.4, -0.2) is 25.0 Å². The molecule has 0 radical (unpaired) electrons. The first-order chi connectivity index (χ1) is 13.9. The molecule has 0 spiro atoms. The summed E-state index contributed by atoms with van der Waals surface area (Å²) in [5, 5.41) is 5.87. The smallest absolute Gasteiger partial charge is 0.261 e. The molecule has 0 bridgehead atoms. The lowest BCUT2D eigenvalue weighted by Gasteiger charge is -2.17. The van der Waals surface area contributed by atoms with E-state index in [1.807, 2.05) is 6.07 Å². The summed E-state index contributed by atoms with van der Waals surface area (Å²) in [4.78, 5) is 12.2. The third kappa shape index (κ3) is 3.93. The second-order valence-corrected chi connectivity index (χ2v) is 8.32. The van der Waals surface area contributed by atoms with Crippen LogP contribution in [0.2, 0.25) is 0 Å². The van der Waals surface area contributed by atoms with Gasteiger partial charge in [-0.15, -0.1) is 0 Å². The number of nitrogens with zero attached hydrogens (tertiary/aromatic N) is 2. The largest absolute Gasteiger partial charge is 0.467 e. The van der Waals surface area contributed by atoms with Crippen LogP contribution in [0, 0.1) is 0 Å². The minimum Gasteiger partial charge on any atom is -0.467 e. The number of hydrazone groups is 1. The van der Waals surface area contributed by atoms with Gasteiger partial charge in [-0.3, -0.25) is 9.52 Å². The summed E-state index contributed by atoms with van der Waals surface area (Å²) in [5.41, 5.74) is 1.99. The van der Waals surface area contributed by atoms with Crippen molar-refractivity contribution in [2.75, 3.05) is 4.72 Å². The second kappa shape index (κ2) is 7.56. The molecule has 0 saturated heterocycles. The van der Waals surface area contributed by atoms with Crippen LogP contribution in [0.4, 0.5) is 5.69 Å². The lowest BCUT2D eigenvalue weighted by Crippen LogP contribution is -2.23. The second-order valence-electron chi connectivity index (χ2n) is 6.64. The fraction of sp³-hybridized carbons (Fsp3) is 0.143. The molecule has 0 saturated carbocycles. The fourth-order valence-electron chi connectivity index (χ4n) is 3.22. The molecule has 3 aromatic rings. The number of rotatable bonds is 5. The number of hydrogen-bond donors (Lipinski definition) is 1. The molecule has 1 amide bonds. The summed E-state index contributed by atoms with van der Waals surface area (Å²) in [6, 6.07) is 18.4. The Labute approximate surface area is 168 Å². The fourth-order valence-corrected chi connectivity index (χ4v) is 4.30. The standard InChI is InChI=1S/C21H19N3O4S/c1-15(25)24-20(21-8-5-13-28-21)14-19(22-24)16-9-11-17(12-10-16)23-29(26,27)18-6-3-2-4-7-18/h2-13,20,23H,14H2,1H3/t20-/m1/s1. The first-order valence-corrected chi connectivity index (χ1v) is 10.5. The molecule has 0 aliphatic carbocycles. The molecular weight excluding hydrogens is 390 g/mol. The van der Waals surface area contributed by atoms with Crippen LogP contribution in [0.25, 0.3) is 0 Å². The van der Waals surface area contributed by atoms with E-state index in [0.717, 1.165) is 11.3 Å². The van der Waals surface area contributed by atoms with Gasteiger partial charge in [0.1, 0.15) is 11.8 Å². The highest BCUT2D eigenvalue weighted by Crippen LogP contribution is 2.33. The Balaban J connectivity index is 1.54. The molecule has 2 heterocycles. The molecule has 2 aromatic carbocycles. The van der Waals surface area contributed by atoms with Gasteiger partial charge in [0.15, 0.2) is 0 Å². The Morgan fingerprint density at radius 3 is 2.41 bits per heavy atom. The number of furan rings is 1. The number of nitrogens with one attached hydrogen (secondary N) is 1. The Morgan fingerprint density at radius 2 is 1.79 bits per heavy atom. The molecule has 148 valence electrons. The molecule has 1 atom stereocenters. The van der Waals surface area contributed by atoms with Crippen LogP contribution in [0.1, 0.15) is 30.7 Å². The average molecular weight is 409 g/mol. The van der Waals surface area contributed by atoms with Crippen molar-refractivity contribution in [3.05, 3.63) is 84.3 Å². The zero-order valence-electron chi connectivity index (χ0n) is 15.6. The summed E-state index contributed by atoms with van der Waals surface area (Å²) in [5.74, 6) is 0.500. The van der Waals surface area contributed by atoms with Crippen molar-refractivity contribution in [1.82, 2.24) is 5.01 Å². The molecule has 1 aromatic heterocycles. The van der Waals surface area contributed by atoms with Gasteiger partial charge in [0.05, 0.1) is 16.9 Å². The SMILES string of the molecule is CC(=O)N1N=C(c2ccc(NS(=O)(=O)c3ccccc3)cc2)C[C@@H]1c1ccco1. The summed E-state index contributed by atoms with van der Waals surface area (Å²) in [6.45, 7) is 1.46. The highest BCUT2D eigenvalue weighted by Gasteiger charge is 2.33. The van der Waals surface area contributed by atoms with Gasteiger partial charge >= 0.3 is 0 Å². The minimum absolute atomic E-state index is 0.173. The van der Waals surface area contributed by atoms with E-state index >= 15 is 0 Å². The van der Waals surface area contributed by atoms with E-state index in [0.29, 0.717) is 17.9 Å². The van der Waals surface area contributed by atoms with E-state index in [1.54, 1.807) is 54.8 Å². The minimum atomic E-state index is -3.65. The lowest BCUT2D eigenvalue weighted by atomic mass is 10.0. The van der Waals surface area contributed by atoms with Crippen molar-refractivity contribution < 1.29 is 17.6 Å². The Kier molecular flexibility index (Phi) is 4.94. The highest BCUT2D eigenvalue weighted by molar-refractivity contribution is 7.92. The molecule has 0 unspecified atom stereocenters. The predicted octanol–water partition coefficient (Wildman–Crippen LogP) is 3.78. The highest BCUT2D eigenvalue weighted by atomic mass is 32.2. The molecule has 4 rings (SSSR count). The van der Waals surface area contributed by atoms with Crippen LogP contribution in [0.3, 0.4) is 0 Å². The third-order valence-corrected chi connectivity index (χ3v) is 6.03. The zero-order chi connectivity index (χ0) is 20.4. The van der Waals surface area contributed by atoms with E-state index < -0.39 is 10.0 Å². The monoisotopic (exact) mass is 409 g/mol.